The lowest BCUT2D eigenvalue weighted by Crippen LogP contribution is -2.31. The fourth-order valence-electron chi connectivity index (χ4n) is 2.29. The lowest BCUT2D eigenvalue weighted by Gasteiger charge is -2.17. The van der Waals surface area contributed by atoms with Crippen molar-refractivity contribution in [2.75, 3.05) is 17.7 Å². The van der Waals surface area contributed by atoms with Crippen LogP contribution in [0.4, 0.5) is 16.2 Å². The minimum Gasteiger partial charge on any atom is -0.322 e. The van der Waals surface area contributed by atoms with Crippen LogP contribution in [0.2, 0.25) is 0 Å². The van der Waals surface area contributed by atoms with Crippen molar-refractivity contribution in [2.45, 2.75) is 13.5 Å². The third-order valence-electron chi connectivity index (χ3n) is 3.53. The quantitative estimate of drug-likeness (QED) is 0.681. The number of nitrogens with zero attached hydrogens (tertiary/aromatic N) is 2. The molecule has 0 unspecified atom stereocenters. The third-order valence-corrected chi connectivity index (χ3v) is 5.22. The minimum absolute atomic E-state index is 0.167. The summed E-state index contributed by atoms with van der Waals surface area (Å²) in [5.41, 5.74) is 2.10. The molecule has 0 aliphatic heterocycles. The molecule has 2 aromatic heterocycles. The van der Waals surface area contributed by atoms with Crippen LogP contribution in [0.1, 0.15) is 20.4 Å². The molecular formula is C18H18N4O2S2. The van der Waals surface area contributed by atoms with Crippen LogP contribution < -0.4 is 10.6 Å². The molecule has 8 heteroatoms. The van der Waals surface area contributed by atoms with E-state index in [2.05, 4.69) is 15.6 Å². The van der Waals surface area contributed by atoms with Crippen LogP contribution in [-0.4, -0.2) is 28.9 Å². The van der Waals surface area contributed by atoms with E-state index in [0.29, 0.717) is 22.8 Å². The number of hydrogen-bond donors (Lipinski definition) is 2. The molecule has 0 saturated heterocycles. The second kappa shape index (κ2) is 8.11. The molecule has 0 fully saturated rings. The van der Waals surface area contributed by atoms with Crippen molar-refractivity contribution in [3.05, 3.63) is 62.7 Å². The normalized spacial score (nSPS) is 10.4. The molecule has 0 aliphatic rings. The molecule has 3 rings (SSSR count). The average Bonchev–Trinajstić information content (AvgIpc) is 3.27. The topological polar surface area (TPSA) is 74.3 Å². The Bertz CT molecular complexity index is 906. The number of nitrogens with one attached hydrogen (secondary N) is 2. The Morgan fingerprint density at radius 2 is 1.88 bits per heavy atom. The third kappa shape index (κ3) is 4.68. The van der Waals surface area contributed by atoms with Crippen LogP contribution in [0.3, 0.4) is 0 Å². The maximum atomic E-state index is 12.3. The zero-order valence-corrected chi connectivity index (χ0v) is 16.0. The zero-order valence-electron chi connectivity index (χ0n) is 14.4. The van der Waals surface area contributed by atoms with Crippen molar-refractivity contribution in [3.63, 3.8) is 0 Å². The number of hydrogen-bond acceptors (Lipinski definition) is 5. The summed E-state index contributed by atoms with van der Waals surface area (Å²) in [6, 6.07) is 10.4. The molecule has 1 aromatic carbocycles. The molecule has 0 aliphatic carbocycles. The predicted octanol–water partition coefficient (Wildman–Crippen LogP) is 4.43. The van der Waals surface area contributed by atoms with Crippen molar-refractivity contribution in [1.82, 2.24) is 9.88 Å². The first-order valence-electron chi connectivity index (χ1n) is 7.89. The van der Waals surface area contributed by atoms with E-state index in [9.17, 15) is 9.59 Å². The Balaban J connectivity index is 1.60. The SMILES string of the molecule is Cc1nc(CN(C)C(=O)Nc2cccc(NC(=O)c3cccs3)c2)cs1. The van der Waals surface area contributed by atoms with Gasteiger partial charge in [0.25, 0.3) is 5.91 Å². The van der Waals surface area contributed by atoms with Gasteiger partial charge in [0.1, 0.15) is 0 Å². The van der Waals surface area contributed by atoms with Crippen LogP contribution in [0.25, 0.3) is 0 Å². The van der Waals surface area contributed by atoms with Crippen LogP contribution in [0, 0.1) is 6.92 Å². The number of urea groups is 1. The Kier molecular flexibility index (Phi) is 5.65. The molecule has 0 atom stereocenters. The second-order valence-corrected chi connectivity index (χ2v) is 7.67. The van der Waals surface area contributed by atoms with Gasteiger partial charge in [0.05, 0.1) is 22.1 Å². The number of carbonyl (C=O) groups excluding carboxylic acids is 2. The highest BCUT2D eigenvalue weighted by molar-refractivity contribution is 7.12. The molecule has 2 heterocycles. The van der Waals surface area contributed by atoms with Crippen molar-refractivity contribution >= 4 is 46.0 Å². The molecule has 0 saturated carbocycles. The van der Waals surface area contributed by atoms with Gasteiger partial charge >= 0.3 is 6.03 Å². The van der Waals surface area contributed by atoms with Gasteiger partial charge < -0.3 is 15.5 Å². The number of anilines is 2. The van der Waals surface area contributed by atoms with Crippen molar-refractivity contribution in [1.29, 1.82) is 0 Å². The Morgan fingerprint density at radius 3 is 2.54 bits per heavy atom. The highest BCUT2D eigenvalue weighted by Gasteiger charge is 2.12. The molecule has 2 N–H and O–H groups in total. The number of thiazole rings is 1. The second-order valence-electron chi connectivity index (χ2n) is 5.66. The summed E-state index contributed by atoms with van der Waals surface area (Å²) < 4.78 is 0. The van der Waals surface area contributed by atoms with E-state index in [1.54, 1.807) is 53.6 Å². The monoisotopic (exact) mass is 386 g/mol. The first-order chi connectivity index (χ1) is 12.5. The van der Waals surface area contributed by atoms with E-state index in [1.165, 1.54) is 11.3 Å². The van der Waals surface area contributed by atoms with Crippen LogP contribution in [0.15, 0.2) is 47.2 Å². The Hall–Kier alpha value is -2.71. The van der Waals surface area contributed by atoms with Gasteiger partial charge in [-0.15, -0.1) is 22.7 Å². The van der Waals surface area contributed by atoms with Gasteiger partial charge in [-0.1, -0.05) is 12.1 Å². The van der Waals surface area contributed by atoms with Crippen LogP contribution in [-0.2, 0) is 6.54 Å². The minimum atomic E-state index is -0.239. The highest BCUT2D eigenvalue weighted by atomic mass is 32.1. The molecular weight excluding hydrogens is 368 g/mol. The van der Waals surface area contributed by atoms with Crippen LogP contribution in [0.5, 0.6) is 0 Å². The average molecular weight is 387 g/mol. The summed E-state index contributed by atoms with van der Waals surface area (Å²) in [5.74, 6) is -0.167. The van der Waals surface area contributed by atoms with E-state index in [4.69, 9.17) is 0 Å². The summed E-state index contributed by atoms with van der Waals surface area (Å²) in [4.78, 5) is 31.0. The zero-order chi connectivity index (χ0) is 18.5. The molecule has 0 bridgehead atoms. The predicted molar refractivity (Wildman–Crippen MR) is 106 cm³/mol. The lowest BCUT2D eigenvalue weighted by atomic mass is 10.2. The van der Waals surface area contributed by atoms with E-state index in [-0.39, 0.29) is 11.9 Å². The number of benzene rings is 1. The number of amides is 3. The van der Waals surface area contributed by atoms with E-state index >= 15 is 0 Å². The van der Waals surface area contributed by atoms with Gasteiger partial charge in [-0.2, -0.15) is 0 Å². The fraction of sp³-hybridized carbons (Fsp3) is 0.167. The molecule has 26 heavy (non-hydrogen) atoms. The van der Waals surface area contributed by atoms with E-state index in [0.717, 1.165) is 10.7 Å². The molecule has 134 valence electrons. The molecule has 6 nitrogen and oxygen atoms in total. The van der Waals surface area contributed by atoms with Gasteiger partial charge in [0.2, 0.25) is 0 Å². The summed E-state index contributed by atoms with van der Waals surface area (Å²) in [6.07, 6.45) is 0. The van der Waals surface area contributed by atoms with Gasteiger partial charge in [0, 0.05) is 23.8 Å². The number of aryl methyl sites for hydroxylation is 1. The van der Waals surface area contributed by atoms with Gasteiger partial charge in [0.15, 0.2) is 0 Å². The molecule has 0 radical (unpaired) electrons. The molecule has 3 aromatic rings. The molecule has 3 amide bonds. The van der Waals surface area contributed by atoms with Gasteiger partial charge in [-0.25, -0.2) is 9.78 Å². The van der Waals surface area contributed by atoms with Crippen LogP contribution >= 0.6 is 22.7 Å². The fourth-order valence-corrected chi connectivity index (χ4v) is 3.51. The van der Waals surface area contributed by atoms with Crippen molar-refractivity contribution < 1.29 is 9.59 Å². The smallest absolute Gasteiger partial charge is 0.321 e. The summed E-state index contributed by atoms with van der Waals surface area (Å²) in [5, 5.41) is 10.4. The maximum absolute atomic E-state index is 12.3. The van der Waals surface area contributed by atoms with Gasteiger partial charge in [-0.3, -0.25) is 4.79 Å². The first-order valence-corrected chi connectivity index (χ1v) is 9.65. The lowest BCUT2D eigenvalue weighted by molar-refractivity contribution is 0.103. The number of carbonyl (C=O) groups is 2. The summed E-state index contributed by atoms with van der Waals surface area (Å²) >= 11 is 2.94. The molecule has 0 spiro atoms. The summed E-state index contributed by atoms with van der Waals surface area (Å²) in [6.45, 7) is 2.37. The first kappa shape index (κ1) is 18.1. The van der Waals surface area contributed by atoms with Crippen molar-refractivity contribution in [2.24, 2.45) is 0 Å². The number of rotatable bonds is 5. The van der Waals surface area contributed by atoms with E-state index < -0.39 is 0 Å². The van der Waals surface area contributed by atoms with Crippen molar-refractivity contribution in [3.8, 4) is 0 Å². The van der Waals surface area contributed by atoms with E-state index in [1.807, 2.05) is 23.8 Å². The summed E-state index contributed by atoms with van der Waals surface area (Å²) in [7, 11) is 1.71. The highest BCUT2D eigenvalue weighted by Crippen LogP contribution is 2.18. The largest absolute Gasteiger partial charge is 0.322 e. The number of thiophene rings is 1. The van der Waals surface area contributed by atoms with Gasteiger partial charge in [-0.05, 0) is 36.6 Å². The Morgan fingerprint density at radius 1 is 1.12 bits per heavy atom. The standard InChI is InChI=1S/C18H18N4O2S2/c1-12-19-15(11-26-12)10-22(2)18(24)21-14-6-3-5-13(9-14)20-17(23)16-7-4-8-25-16/h3-9,11H,10H2,1-2H3,(H,20,23)(H,21,24). The Labute approximate surface area is 159 Å². The maximum Gasteiger partial charge on any atom is 0.321 e. The number of aromatic nitrogens is 1.